The Bertz CT molecular complexity index is 256. The van der Waals surface area contributed by atoms with E-state index in [2.05, 4.69) is 24.1 Å². The van der Waals surface area contributed by atoms with E-state index in [9.17, 15) is 4.79 Å². The van der Waals surface area contributed by atoms with Gasteiger partial charge in [-0.15, -0.1) is 0 Å². The van der Waals surface area contributed by atoms with Crippen molar-refractivity contribution < 1.29 is 4.79 Å². The van der Waals surface area contributed by atoms with E-state index in [4.69, 9.17) is 0 Å². The van der Waals surface area contributed by atoms with Crippen molar-refractivity contribution in [3.05, 3.63) is 0 Å². The molecule has 0 aromatic carbocycles. The zero-order valence-corrected chi connectivity index (χ0v) is 11.8. The first kappa shape index (κ1) is 13.2. The van der Waals surface area contributed by atoms with E-state index in [1.54, 1.807) is 0 Å². The molecule has 0 aliphatic carbocycles. The van der Waals surface area contributed by atoms with Crippen LogP contribution in [0, 0.1) is 5.92 Å². The van der Waals surface area contributed by atoms with Crippen LogP contribution in [0.3, 0.4) is 0 Å². The molecule has 17 heavy (non-hydrogen) atoms. The summed E-state index contributed by atoms with van der Waals surface area (Å²) in [5, 5.41) is 4.57. The summed E-state index contributed by atoms with van der Waals surface area (Å²) in [5.41, 5.74) is 0. The van der Waals surface area contributed by atoms with Crippen LogP contribution in [-0.2, 0) is 4.79 Å². The summed E-state index contributed by atoms with van der Waals surface area (Å²) in [4.78, 5) is 14.3. The van der Waals surface area contributed by atoms with Crippen LogP contribution in [0.15, 0.2) is 0 Å². The van der Waals surface area contributed by atoms with Crippen molar-refractivity contribution in [1.29, 1.82) is 0 Å². The normalized spacial score (nSPS) is 34.7. The number of nitrogens with zero attached hydrogens (tertiary/aromatic N) is 1. The highest BCUT2D eigenvalue weighted by molar-refractivity contribution is 8.00. The average Bonchev–Trinajstić information content (AvgIpc) is 2.29. The number of hydrogen-bond acceptors (Lipinski definition) is 3. The van der Waals surface area contributed by atoms with E-state index in [0.717, 1.165) is 32.6 Å². The summed E-state index contributed by atoms with van der Waals surface area (Å²) in [6.45, 7) is 8.48. The summed E-state index contributed by atoms with van der Waals surface area (Å²) >= 11 is 2.00. The molecule has 2 aliphatic rings. The highest BCUT2D eigenvalue weighted by Gasteiger charge is 2.27. The molecule has 2 aliphatic heterocycles. The Labute approximate surface area is 109 Å². The Hall–Kier alpha value is -0.220. The molecular formula is C13H24N2OS. The minimum atomic E-state index is 0.373. The average molecular weight is 256 g/mol. The lowest BCUT2D eigenvalue weighted by molar-refractivity contribution is -0.132. The van der Waals surface area contributed by atoms with Gasteiger partial charge in [0.1, 0.15) is 0 Å². The monoisotopic (exact) mass is 256 g/mol. The fourth-order valence-electron chi connectivity index (χ4n) is 2.86. The van der Waals surface area contributed by atoms with Crippen LogP contribution in [0.4, 0.5) is 0 Å². The second-order valence-electron chi connectivity index (χ2n) is 5.47. The molecule has 0 spiro atoms. The van der Waals surface area contributed by atoms with Crippen molar-refractivity contribution in [2.24, 2.45) is 5.92 Å². The Kier molecular flexibility index (Phi) is 4.74. The fraction of sp³-hybridized carbons (Fsp3) is 0.923. The fourth-order valence-corrected chi connectivity index (χ4v) is 4.18. The van der Waals surface area contributed by atoms with Gasteiger partial charge in [-0.05, 0) is 31.8 Å². The predicted octanol–water partition coefficient (Wildman–Crippen LogP) is 1.73. The Morgan fingerprint density at radius 3 is 2.65 bits per heavy atom. The van der Waals surface area contributed by atoms with Gasteiger partial charge in [0.2, 0.25) is 5.91 Å². The van der Waals surface area contributed by atoms with Gasteiger partial charge in [-0.1, -0.05) is 13.8 Å². The van der Waals surface area contributed by atoms with Crippen LogP contribution < -0.4 is 5.32 Å². The molecule has 4 heteroatoms. The van der Waals surface area contributed by atoms with Crippen molar-refractivity contribution in [3.8, 4) is 0 Å². The largest absolute Gasteiger partial charge is 0.340 e. The van der Waals surface area contributed by atoms with Gasteiger partial charge in [-0.3, -0.25) is 4.79 Å². The molecule has 98 valence electrons. The van der Waals surface area contributed by atoms with Gasteiger partial charge >= 0.3 is 0 Å². The van der Waals surface area contributed by atoms with Crippen LogP contribution >= 0.6 is 11.8 Å². The summed E-state index contributed by atoms with van der Waals surface area (Å²) in [6.07, 6.45) is 3.18. The highest BCUT2D eigenvalue weighted by atomic mass is 32.2. The molecule has 2 fully saturated rings. The van der Waals surface area contributed by atoms with E-state index >= 15 is 0 Å². The summed E-state index contributed by atoms with van der Waals surface area (Å²) in [7, 11) is 0. The molecule has 0 aromatic heterocycles. The van der Waals surface area contributed by atoms with E-state index in [0.29, 0.717) is 22.3 Å². The Morgan fingerprint density at radius 2 is 2.06 bits per heavy atom. The first-order valence-corrected chi connectivity index (χ1v) is 7.73. The zero-order chi connectivity index (χ0) is 12.3. The molecule has 0 saturated carbocycles. The molecule has 1 N–H and O–H groups in total. The summed E-state index contributed by atoms with van der Waals surface area (Å²) < 4.78 is 0. The Balaban J connectivity index is 1.81. The maximum Gasteiger partial charge on any atom is 0.222 e. The van der Waals surface area contributed by atoms with Gasteiger partial charge < -0.3 is 10.2 Å². The topological polar surface area (TPSA) is 32.3 Å². The highest BCUT2D eigenvalue weighted by Crippen LogP contribution is 2.26. The van der Waals surface area contributed by atoms with Gasteiger partial charge in [0, 0.05) is 30.0 Å². The van der Waals surface area contributed by atoms with E-state index in [1.165, 1.54) is 12.8 Å². The number of hydrogen-bond donors (Lipinski definition) is 1. The van der Waals surface area contributed by atoms with Crippen LogP contribution in [0.2, 0.25) is 0 Å². The molecule has 3 nitrogen and oxygen atoms in total. The van der Waals surface area contributed by atoms with Crippen LogP contribution in [0.25, 0.3) is 0 Å². The molecule has 0 aromatic rings. The number of rotatable bonds is 2. The molecule has 2 rings (SSSR count). The second-order valence-corrected chi connectivity index (χ2v) is 7.35. The minimum Gasteiger partial charge on any atom is -0.340 e. The number of piperidine rings is 1. The smallest absolute Gasteiger partial charge is 0.222 e. The quantitative estimate of drug-likeness (QED) is 0.816. The van der Waals surface area contributed by atoms with E-state index in [-0.39, 0.29) is 0 Å². The van der Waals surface area contributed by atoms with Crippen molar-refractivity contribution >= 4 is 17.7 Å². The molecule has 3 unspecified atom stereocenters. The molecule has 0 bridgehead atoms. The maximum atomic E-state index is 12.2. The summed E-state index contributed by atoms with van der Waals surface area (Å²) in [6, 6.07) is 0. The van der Waals surface area contributed by atoms with E-state index in [1.807, 2.05) is 11.8 Å². The lowest BCUT2D eigenvalue weighted by Crippen LogP contribution is -2.45. The third-order valence-corrected chi connectivity index (χ3v) is 4.86. The first-order chi connectivity index (χ1) is 8.15. The molecule has 1 amide bonds. The van der Waals surface area contributed by atoms with Crippen molar-refractivity contribution in [3.63, 3.8) is 0 Å². The molecule has 2 saturated heterocycles. The lowest BCUT2D eigenvalue weighted by Gasteiger charge is -2.35. The van der Waals surface area contributed by atoms with Crippen molar-refractivity contribution in [2.75, 3.05) is 26.2 Å². The van der Waals surface area contributed by atoms with Gasteiger partial charge in [0.05, 0.1) is 0 Å². The van der Waals surface area contributed by atoms with Crippen LogP contribution in [0.1, 0.15) is 33.1 Å². The number of nitrogens with one attached hydrogen (secondary N) is 1. The van der Waals surface area contributed by atoms with Crippen molar-refractivity contribution in [2.45, 2.75) is 43.6 Å². The second kappa shape index (κ2) is 6.10. The number of carbonyl (C=O) groups excluding carboxylic acids is 1. The minimum absolute atomic E-state index is 0.373. The Morgan fingerprint density at radius 1 is 1.35 bits per heavy atom. The van der Waals surface area contributed by atoms with Gasteiger partial charge in [-0.2, -0.15) is 11.8 Å². The number of thioether (sulfide) groups is 1. The molecule has 3 atom stereocenters. The van der Waals surface area contributed by atoms with Crippen LogP contribution in [0.5, 0.6) is 0 Å². The van der Waals surface area contributed by atoms with Gasteiger partial charge in [0.15, 0.2) is 0 Å². The standard InChI is InChI=1S/C13H24N2OS/c1-10-8-15(9-11(2)17-10)13(16)6-12-4-3-5-14-7-12/h10-12,14H,3-9H2,1-2H3. The predicted molar refractivity (Wildman–Crippen MR) is 73.3 cm³/mol. The maximum absolute atomic E-state index is 12.2. The molecular weight excluding hydrogens is 232 g/mol. The van der Waals surface area contributed by atoms with Gasteiger partial charge in [-0.25, -0.2) is 0 Å². The molecule has 2 heterocycles. The number of amides is 1. The third kappa shape index (κ3) is 3.88. The van der Waals surface area contributed by atoms with Crippen LogP contribution in [-0.4, -0.2) is 47.5 Å². The zero-order valence-electron chi connectivity index (χ0n) is 10.9. The lowest BCUT2D eigenvalue weighted by atomic mass is 9.95. The van der Waals surface area contributed by atoms with Crippen molar-refractivity contribution in [1.82, 2.24) is 10.2 Å². The SMILES string of the molecule is CC1CN(C(=O)CC2CCCNC2)CC(C)S1. The number of carbonyl (C=O) groups is 1. The van der Waals surface area contributed by atoms with Gasteiger partial charge in [0.25, 0.3) is 0 Å². The van der Waals surface area contributed by atoms with E-state index < -0.39 is 0 Å². The first-order valence-electron chi connectivity index (χ1n) is 6.79. The summed E-state index contributed by atoms with van der Waals surface area (Å²) in [5.74, 6) is 0.939. The molecule has 0 radical (unpaired) electrons. The third-order valence-electron chi connectivity index (χ3n) is 3.63.